The molecule has 3 heterocycles. The van der Waals surface area contributed by atoms with Crippen LogP contribution in [0.5, 0.6) is 0 Å². The number of H-pyrrole nitrogens is 1. The van der Waals surface area contributed by atoms with E-state index in [9.17, 15) is 9.59 Å². The van der Waals surface area contributed by atoms with E-state index >= 15 is 0 Å². The topological polar surface area (TPSA) is 79.8 Å². The van der Waals surface area contributed by atoms with E-state index in [2.05, 4.69) is 15.3 Å². The van der Waals surface area contributed by atoms with Crippen molar-refractivity contribution >= 4 is 34.2 Å². The second-order valence-corrected chi connectivity index (χ2v) is 7.38. The molecule has 4 aromatic rings. The van der Waals surface area contributed by atoms with E-state index in [0.29, 0.717) is 22.1 Å². The number of benzene rings is 1. The van der Waals surface area contributed by atoms with Gasteiger partial charge in [-0.2, -0.15) is 0 Å². The standard InChI is InChI=1S/C22H19ClN4O2/c1-13-6-7-18(25-19(28)11-14-4-3-5-15(23)10-14)26-20(13)17-12-27(2)22(29)21-16(17)8-9-24-21/h3-10,12,24H,11H2,1-2H3,(H,25,26,28). The Kier molecular flexibility index (Phi) is 4.94. The predicted molar refractivity (Wildman–Crippen MR) is 115 cm³/mol. The number of amides is 1. The van der Waals surface area contributed by atoms with Crippen molar-refractivity contribution in [3.63, 3.8) is 0 Å². The fourth-order valence-corrected chi connectivity index (χ4v) is 3.56. The molecule has 0 fully saturated rings. The Balaban J connectivity index is 1.67. The van der Waals surface area contributed by atoms with Crippen molar-refractivity contribution in [2.24, 2.45) is 7.05 Å². The number of nitrogens with zero attached hydrogens (tertiary/aromatic N) is 2. The molecule has 3 aromatic heterocycles. The van der Waals surface area contributed by atoms with Crippen LogP contribution in [0.15, 0.2) is 59.7 Å². The van der Waals surface area contributed by atoms with Crippen molar-refractivity contribution in [1.29, 1.82) is 0 Å². The number of aryl methyl sites for hydroxylation is 2. The van der Waals surface area contributed by atoms with E-state index in [4.69, 9.17) is 11.6 Å². The first-order chi connectivity index (χ1) is 13.9. The number of anilines is 1. The summed E-state index contributed by atoms with van der Waals surface area (Å²) in [4.78, 5) is 32.4. The molecule has 0 saturated heterocycles. The van der Waals surface area contributed by atoms with Crippen LogP contribution in [0, 0.1) is 6.92 Å². The second kappa shape index (κ2) is 7.56. The maximum atomic E-state index is 12.5. The Bertz CT molecular complexity index is 1290. The number of hydrogen-bond donors (Lipinski definition) is 2. The lowest BCUT2D eigenvalue weighted by Gasteiger charge is -2.12. The van der Waals surface area contributed by atoms with Crippen LogP contribution in [0.1, 0.15) is 11.1 Å². The zero-order valence-corrected chi connectivity index (χ0v) is 16.7. The minimum Gasteiger partial charge on any atom is -0.357 e. The van der Waals surface area contributed by atoms with Gasteiger partial charge in [-0.3, -0.25) is 9.59 Å². The molecule has 0 radical (unpaired) electrons. The third-order valence-electron chi connectivity index (χ3n) is 4.77. The first-order valence-electron chi connectivity index (χ1n) is 9.11. The molecule has 7 heteroatoms. The van der Waals surface area contributed by atoms with E-state index in [1.54, 1.807) is 37.6 Å². The summed E-state index contributed by atoms with van der Waals surface area (Å²) >= 11 is 5.99. The zero-order chi connectivity index (χ0) is 20.5. The number of pyridine rings is 2. The maximum Gasteiger partial charge on any atom is 0.274 e. The van der Waals surface area contributed by atoms with Crippen LogP contribution < -0.4 is 10.9 Å². The van der Waals surface area contributed by atoms with Gasteiger partial charge in [0.15, 0.2) is 0 Å². The van der Waals surface area contributed by atoms with Crippen LogP contribution >= 0.6 is 11.6 Å². The molecule has 0 unspecified atom stereocenters. The highest BCUT2D eigenvalue weighted by Crippen LogP contribution is 2.28. The molecule has 0 bridgehead atoms. The lowest BCUT2D eigenvalue weighted by molar-refractivity contribution is -0.115. The SMILES string of the molecule is Cc1ccc(NC(=O)Cc2cccc(Cl)c2)nc1-c1cn(C)c(=O)c2[nH]ccc12. The number of aromatic amines is 1. The molecule has 0 aliphatic heterocycles. The molecule has 0 saturated carbocycles. The summed E-state index contributed by atoms with van der Waals surface area (Å²) < 4.78 is 1.53. The summed E-state index contributed by atoms with van der Waals surface area (Å²) in [6.45, 7) is 1.95. The van der Waals surface area contributed by atoms with Crippen LogP contribution in [-0.2, 0) is 18.3 Å². The van der Waals surface area contributed by atoms with Crippen molar-refractivity contribution in [2.75, 3.05) is 5.32 Å². The number of nitrogens with one attached hydrogen (secondary N) is 2. The van der Waals surface area contributed by atoms with Gasteiger partial charge in [-0.1, -0.05) is 29.8 Å². The monoisotopic (exact) mass is 406 g/mol. The quantitative estimate of drug-likeness (QED) is 0.536. The highest BCUT2D eigenvalue weighted by atomic mass is 35.5. The summed E-state index contributed by atoms with van der Waals surface area (Å²) in [5.74, 6) is 0.275. The average molecular weight is 407 g/mol. The number of fused-ring (bicyclic) bond motifs is 1. The molecule has 6 nitrogen and oxygen atoms in total. The van der Waals surface area contributed by atoms with Crippen molar-refractivity contribution in [3.05, 3.63) is 81.4 Å². The molecule has 2 N–H and O–H groups in total. The molecular formula is C22H19ClN4O2. The number of aromatic nitrogens is 3. The summed E-state index contributed by atoms with van der Waals surface area (Å²) in [5, 5.41) is 4.24. The minimum absolute atomic E-state index is 0.0996. The largest absolute Gasteiger partial charge is 0.357 e. The summed E-state index contributed by atoms with van der Waals surface area (Å²) in [6, 6.07) is 12.7. The van der Waals surface area contributed by atoms with E-state index < -0.39 is 0 Å². The fourth-order valence-electron chi connectivity index (χ4n) is 3.35. The van der Waals surface area contributed by atoms with E-state index in [1.165, 1.54) is 4.57 Å². The van der Waals surface area contributed by atoms with Crippen LogP contribution in [0.2, 0.25) is 5.02 Å². The summed E-state index contributed by atoms with van der Waals surface area (Å²) in [5.41, 5.74) is 3.74. The van der Waals surface area contributed by atoms with Gasteiger partial charge in [0.2, 0.25) is 5.91 Å². The van der Waals surface area contributed by atoms with Crippen LogP contribution in [0.3, 0.4) is 0 Å². The van der Waals surface area contributed by atoms with Gasteiger partial charge in [0, 0.05) is 35.4 Å². The molecule has 29 heavy (non-hydrogen) atoms. The lowest BCUT2D eigenvalue weighted by Crippen LogP contribution is -2.17. The molecule has 1 amide bonds. The van der Waals surface area contributed by atoms with Gasteiger partial charge in [-0.05, 0) is 42.3 Å². The van der Waals surface area contributed by atoms with Gasteiger partial charge in [0.25, 0.3) is 5.56 Å². The number of carbonyl (C=O) groups is 1. The van der Waals surface area contributed by atoms with Gasteiger partial charge in [-0.15, -0.1) is 0 Å². The normalized spacial score (nSPS) is 11.0. The molecular weight excluding hydrogens is 388 g/mol. The summed E-state index contributed by atoms with van der Waals surface area (Å²) in [6.07, 6.45) is 3.71. The van der Waals surface area contributed by atoms with Gasteiger partial charge in [-0.25, -0.2) is 4.98 Å². The molecule has 4 rings (SSSR count). The third kappa shape index (κ3) is 3.79. The molecule has 0 aliphatic rings. The molecule has 146 valence electrons. The number of hydrogen-bond acceptors (Lipinski definition) is 3. The first kappa shape index (κ1) is 19.0. The molecule has 0 spiro atoms. The van der Waals surface area contributed by atoms with Crippen molar-refractivity contribution in [1.82, 2.24) is 14.5 Å². The van der Waals surface area contributed by atoms with Crippen molar-refractivity contribution in [3.8, 4) is 11.3 Å². The highest BCUT2D eigenvalue weighted by molar-refractivity contribution is 6.30. The van der Waals surface area contributed by atoms with Crippen LogP contribution in [0.25, 0.3) is 22.2 Å². The van der Waals surface area contributed by atoms with Crippen LogP contribution in [-0.4, -0.2) is 20.4 Å². The Morgan fingerprint density at radius 1 is 1.24 bits per heavy atom. The van der Waals surface area contributed by atoms with Gasteiger partial charge >= 0.3 is 0 Å². The predicted octanol–water partition coefficient (Wildman–Crippen LogP) is 4.07. The van der Waals surface area contributed by atoms with E-state index in [-0.39, 0.29) is 17.9 Å². The molecule has 0 aliphatic carbocycles. The van der Waals surface area contributed by atoms with E-state index in [0.717, 1.165) is 22.1 Å². The van der Waals surface area contributed by atoms with E-state index in [1.807, 2.05) is 31.2 Å². The molecule has 1 aromatic carbocycles. The average Bonchev–Trinajstić information content (AvgIpc) is 3.16. The number of carbonyl (C=O) groups excluding carboxylic acids is 1. The lowest BCUT2D eigenvalue weighted by atomic mass is 10.0. The van der Waals surface area contributed by atoms with Crippen LogP contribution in [0.4, 0.5) is 5.82 Å². The Hall–Kier alpha value is -3.38. The smallest absolute Gasteiger partial charge is 0.274 e. The Morgan fingerprint density at radius 3 is 2.86 bits per heavy atom. The molecule has 0 atom stereocenters. The third-order valence-corrected chi connectivity index (χ3v) is 5.00. The second-order valence-electron chi connectivity index (χ2n) is 6.94. The van der Waals surface area contributed by atoms with Gasteiger partial charge in [0.1, 0.15) is 11.3 Å². The number of rotatable bonds is 4. The van der Waals surface area contributed by atoms with Crippen molar-refractivity contribution in [2.45, 2.75) is 13.3 Å². The summed E-state index contributed by atoms with van der Waals surface area (Å²) in [7, 11) is 1.71. The fraction of sp³-hybridized carbons (Fsp3) is 0.136. The highest BCUT2D eigenvalue weighted by Gasteiger charge is 2.14. The Morgan fingerprint density at radius 2 is 2.07 bits per heavy atom. The first-order valence-corrected chi connectivity index (χ1v) is 9.49. The minimum atomic E-state index is -0.179. The van der Waals surface area contributed by atoms with Crippen molar-refractivity contribution < 1.29 is 4.79 Å². The number of halogens is 1. The zero-order valence-electron chi connectivity index (χ0n) is 16.0. The van der Waals surface area contributed by atoms with Gasteiger partial charge in [0.05, 0.1) is 12.1 Å². The maximum absolute atomic E-state index is 12.5. The Labute approximate surface area is 172 Å². The van der Waals surface area contributed by atoms with Gasteiger partial charge < -0.3 is 14.9 Å².